The van der Waals surface area contributed by atoms with Gasteiger partial charge >= 0.3 is 5.97 Å². The first kappa shape index (κ1) is 17.7. The van der Waals surface area contributed by atoms with Gasteiger partial charge in [0.2, 0.25) is 0 Å². The Morgan fingerprint density at radius 2 is 1.83 bits per heavy atom. The van der Waals surface area contributed by atoms with Crippen molar-refractivity contribution in [3.63, 3.8) is 0 Å². The zero-order chi connectivity index (χ0) is 17.5. The number of aryl methyl sites for hydroxylation is 2. The number of halogens is 1. The smallest absolute Gasteiger partial charge is 0.338 e. The number of ether oxygens (including phenoxy) is 1. The van der Waals surface area contributed by atoms with E-state index < -0.39 is 11.9 Å². The Morgan fingerprint density at radius 1 is 1.08 bits per heavy atom. The van der Waals surface area contributed by atoms with Crippen molar-refractivity contribution in [2.24, 2.45) is 0 Å². The van der Waals surface area contributed by atoms with Crippen LogP contribution in [0.3, 0.4) is 0 Å². The zero-order valence-electron chi connectivity index (χ0n) is 13.8. The summed E-state index contributed by atoms with van der Waals surface area (Å²) in [5.74, 6) is -1.25. The van der Waals surface area contributed by atoms with Crippen molar-refractivity contribution in [1.29, 1.82) is 0 Å². The molecule has 0 unspecified atom stereocenters. The van der Waals surface area contributed by atoms with E-state index in [1.807, 2.05) is 19.9 Å². The molecule has 0 aliphatic carbocycles. The summed E-state index contributed by atoms with van der Waals surface area (Å²) in [5, 5.41) is 2.60. The van der Waals surface area contributed by atoms with Gasteiger partial charge in [0.05, 0.1) is 5.56 Å². The van der Waals surface area contributed by atoms with E-state index in [0.29, 0.717) is 17.5 Å². The second kappa shape index (κ2) is 8.24. The fourth-order valence-corrected chi connectivity index (χ4v) is 2.17. The van der Waals surface area contributed by atoms with Crippen LogP contribution >= 0.6 is 0 Å². The Kier molecular flexibility index (Phi) is 6.07. The molecule has 4 nitrogen and oxygen atoms in total. The highest BCUT2D eigenvalue weighted by atomic mass is 19.1. The molecule has 0 radical (unpaired) electrons. The van der Waals surface area contributed by atoms with Crippen molar-refractivity contribution in [2.45, 2.75) is 20.3 Å². The van der Waals surface area contributed by atoms with E-state index in [1.165, 1.54) is 6.07 Å². The van der Waals surface area contributed by atoms with Gasteiger partial charge in [-0.15, -0.1) is 0 Å². The minimum atomic E-state index is -0.539. The van der Waals surface area contributed by atoms with E-state index >= 15 is 0 Å². The molecule has 2 aromatic rings. The molecule has 0 aliphatic rings. The lowest BCUT2D eigenvalue weighted by atomic mass is 10.1. The maximum Gasteiger partial charge on any atom is 0.338 e. The number of hydrogen-bond acceptors (Lipinski definition) is 3. The van der Waals surface area contributed by atoms with Gasteiger partial charge in [0, 0.05) is 6.54 Å². The van der Waals surface area contributed by atoms with Gasteiger partial charge in [0.15, 0.2) is 6.61 Å². The molecule has 0 aliphatic heterocycles. The highest BCUT2D eigenvalue weighted by molar-refractivity contribution is 5.91. The zero-order valence-corrected chi connectivity index (χ0v) is 13.8. The van der Waals surface area contributed by atoms with Gasteiger partial charge in [0.25, 0.3) is 5.91 Å². The van der Waals surface area contributed by atoms with E-state index in [9.17, 15) is 14.0 Å². The second-order valence-corrected chi connectivity index (χ2v) is 5.57. The Labute approximate surface area is 140 Å². The maximum absolute atomic E-state index is 13.4. The van der Waals surface area contributed by atoms with Crippen LogP contribution in [0.5, 0.6) is 0 Å². The summed E-state index contributed by atoms with van der Waals surface area (Å²) in [6.45, 7) is 3.78. The lowest BCUT2D eigenvalue weighted by Crippen LogP contribution is -2.30. The number of amides is 1. The van der Waals surface area contributed by atoms with Crippen molar-refractivity contribution in [2.75, 3.05) is 13.2 Å². The Hall–Kier alpha value is -2.69. The van der Waals surface area contributed by atoms with Crippen LogP contribution in [0.4, 0.5) is 4.39 Å². The van der Waals surface area contributed by atoms with Crippen molar-refractivity contribution in [3.8, 4) is 0 Å². The number of rotatable bonds is 6. The molecule has 24 heavy (non-hydrogen) atoms. The summed E-state index contributed by atoms with van der Waals surface area (Å²) >= 11 is 0. The normalized spacial score (nSPS) is 10.3. The molecule has 5 heteroatoms. The highest BCUT2D eigenvalue weighted by Gasteiger charge is 2.11. The van der Waals surface area contributed by atoms with Crippen molar-refractivity contribution in [3.05, 3.63) is 70.5 Å². The number of esters is 1. The molecule has 0 saturated heterocycles. The van der Waals surface area contributed by atoms with E-state index in [1.54, 1.807) is 30.3 Å². The van der Waals surface area contributed by atoms with Crippen molar-refractivity contribution in [1.82, 2.24) is 5.32 Å². The van der Waals surface area contributed by atoms with Crippen LogP contribution in [0.15, 0.2) is 42.5 Å². The average molecular weight is 329 g/mol. The lowest BCUT2D eigenvalue weighted by Gasteiger charge is -2.08. The van der Waals surface area contributed by atoms with E-state index in [0.717, 1.165) is 11.1 Å². The molecule has 0 saturated carbocycles. The summed E-state index contributed by atoms with van der Waals surface area (Å²) in [5.41, 5.74) is 3.01. The number of nitrogens with one attached hydrogen (secondary N) is 1. The first-order valence-electron chi connectivity index (χ1n) is 7.72. The minimum Gasteiger partial charge on any atom is -0.452 e. The van der Waals surface area contributed by atoms with Crippen molar-refractivity contribution < 1.29 is 18.7 Å². The molecule has 2 aromatic carbocycles. The molecule has 0 bridgehead atoms. The third kappa shape index (κ3) is 4.91. The van der Waals surface area contributed by atoms with Gasteiger partial charge in [0.1, 0.15) is 5.82 Å². The Bertz CT molecular complexity index is 743. The number of carbonyl (C=O) groups is 2. The van der Waals surface area contributed by atoms with Crippen LogP contribution in [-0.4, -0.2) is 25.0 Å². The summed E-state index contributed by atoms with van der Waals surface area (Å²) in [4.78, 5) is 23.6. The van der Waals surface area contributed by atoms with Crippen LogP contribution in [0.1, 0.15) is 27.0 Å². The fraction of sp³-hybridized carbons (Fsp3) is 0.263. The molecule has 1 N–H and O–H groups in total. The van der Waals surface area contributed by atoms with Crippen LogP contribution in [-0.2, 0) is 16.0 Å². The topological polar surface area (TPSA) is 55.4 Å². The third-order valence-electron chi connectivity index (χ3n) is 3.75. The molecule has 0 aromatic heterocycles. The highest BCUT2D eigenvalue weighted by Crippen LogP contribution is 2.11. The largest absolute Gasteiger partial charge is 0.452 e. The molecule has 126 valence electrons. The summed E-state index contributed by atoms with van der Waals surface area (Å²) in [6, 6.07) is 11.6. The predicted octanol–water partition coefficient (Wildman–Crippen LogP) is 2.96. The van der Waals surface area contributed by atoms with Gasteiger partial charge < -0.3 is 10.1 Å². The lowest BCUT2D eigenvalue weighted by molar-refractivity contribution is -0.124. The SMILES string of the molecule is Cc1ccc(C(=O)OCC(=O)NCCc2ccccc2F)cc1C. The molecule has 0 atom stereocenters. The molecule has 0 spiro atoms. The van der Waals surface area contributed by atoms with Gasteiger partial charge in [-0.1, -0.05) is 24.3 Å². The van der Waals surface area contributed by atoms with Gasteiger partial charge in [-0.2, -0.15) is 0 Å². The summed E-state index contributed by atoms with van der Waals surface area (Å²) in [7, 11) is 0. The van der Waals surface area contributed by atoms with Gasteiger partial charge in [-0.25, -0.2) is 9.18 Å². The molecule has 1 amide bonds. The average Bonchev–Trinajstić information content (AvgIpc) is 2.57. The Morgan fingerprint density at radius 3 is 2.54 bits per heavy atom. The summed E-state index contributed by atoms with van der Waals surface area (Å²) < 4.78 is 18.4. The summed E-state index contributed by atoms with van der Waals surface area (Å²) in [6.07, 6.45) is 0.378. The monoisotopic (exact) mass is 329 g/mol. The van der Waals surface area contributed by atoms with Gasteiger partial charge in [-0.05, 0) is 55.2 Å². The molecule has 2 rings (SSSR count). The minimum absolute atomic E-state index is 0.279. The van der Waals surface area contributed by atoms with E-state index in [4.69, 9.17) is 4.74 Å². The van der Waals surface area contributed by atoms with Crippen LogP contribution in [0.25, 0.3) is 0 Å². The van der Waals surface area contributed by atoms with Crippen LogP contribution in [0, 0.1) is 19.7 Å². The predicted molar refractivity (Wildman–Crippen MR) is 89.3 cm³/mol. The second-order valence-electron chi connectivity index (χ2n) is 5.57. The fourth-order valence-electron chi connectivity index (χ4n) is 2.17. The Balaban J connectivity index is 1.75. The molecular formula is C19H20FNO3. The molecule has 0 heterocycles. The van der Waals surface area contributed by atoms with E-state index in [-0.39, 0.29) is 19.0 Å². The quantitative estimate of drug-likeness (QED) is 0.829. The molecular weight excluding hydrogens is 309 g/mol. The van der Waals surface area contributed by atoms with E-state index in [2.05, 4.69) is 5.32 Å². The number of hydrogen-bond donors (Lipinski definition) is 1. The van der Waals surface area contributed by atoms with Crippen LogP contribution in [0.2, 0.25) is 0 Å². The van der Waals surface area contributed by atoms with Gasteiger partial charge in [-0.3, -0.25) is 4.79 Å². The molecule has 0 fully saturated rings. The van der Waals surface area contributed by atoms with Crippen molar-refractivity contribution >= 4 is 11.9 Å². The number of carbonyl (C=O) groups excluding carboxylic acids is 2. The first-order chi connectivity index (χ1) is 11.5. The first-order valence-corrected chi connectivity index (χ1v) is 7.72. The number of benzene rings is 2. The third-order valence-corrected chi connectivity index (χ3v) is 3.75. The standard InChI is InChI=1S/C19H20FNO3/c1-13-7-8-16(11-14(13)2)19(23)24-12-18(22)21-10-9-15-5-3-4-6-17(15)20/h3-8,11H,9-10,12H2,1-2H3,(H,21,22). The van der Waals surface area contributed by atoms with Crippen LogP contribution < -0.4 is 5.32 Å². The maximum atomic E-state index is 13.4.